The van der Waals surface area contributed by atoms with Crippen LogP contribution < -0.4 is 4.72 Å². The SMILES string of the molecule is Cc1ccc(C(C)NS(=O)(=O)c2c(Br)nnn2C)cc1. The Kier molecular flexibility index (Phi) is 4.26. The molecule has 6 nitrogen and oxygen atoms in total. The Morgan fingerprint density at radius 2 is 1.90 bits per heavy atom. The van der Waals surface area contributed by atoms with Crippen molar-refractivity contribution in [2.45, 2.75) is 24.9 Å². The Hall–Kier alpha value is -1.25. The van der Waals surface area contributed by atoms with Crippen molar-refractivity contribution in [1.29, 1.82) is 0 Å². The molecule has 2 rings (SSSR count). The summed E-state index contributed by atoms with van der Waals surface area (Å²) in [6.45, 7) is 3.77. The van der Waals surface area contributed by atoms with Gasteiger partial charge in [0.25, 0.3) is 10.0 Å². The molecule has 1 heterocycles. The van der Waals surface area contributed by atoms with E-state index >= 15 is 0 Å². The molecule has 108 valence electrons. The van der Waals surface area contributed by atoms with Gasteiger partial charge >= 0.3 is 0 Å². The maximum atomic E-state index is 12.3. The molecule has 1 aromatic heterocycles. The third-order valence-corrected chi connectivity index (χ3v) is 5.33. The van der Waals surface area contributed by atoms with Gasteiger partial charge in [0.2, 0.25) is 5.03 Å². The molecule has 0 spiro atoms. The third-order valence-electron chi connectivity index (χ3n) is 2.90. The van der Waals surface area contributed by atoms with Crippen molar-refractivity contribution in [2.24, 2.45) is 7.05 Å². The van der Waals surface area contributed by atoms with E-state index in [2.05, 4.69) is 31.0 Å². The predicted octanol–water partition coefficient (Wildman–Crippen LogP) is 1.93. The molecule has 0 bridgehead atoms. The molecular formula is C12H15BrN4O2S. The highest BCUT2D eigenvalue weighted by molar-refractivity contribution is 9.10. The van der Waals surface area contributed by atoms with Gasteiger partial charge in [-0.15, -0.1) is 5.10 Å². The normalized spacial score (nSPS) is 13.4. The number of halogens is 1. The number of nitrogens with one attached hydrogen (secondary N) is 1. The van der Waals surface area contributed by atoms with Crippen LogP contribution in [0.25, 0.3) is 0 Å². The summed E-state index contributed by atoms with van der Waals surface area (Å²) in [7, 11) is -2.16. The fourth-order valence-corrected chi connectivity index (χ4v) is 4.15. The molecule has 0 saturated carbocycles. The minimum absolute atomic E-state index is 0.0106. The first kappa shape index (κ1) is 15.1. The van der Waals surface area contributed by atoms with E-state index in [0.29, 0.717) is 0 Å². The molecule has 1 N–H and O–H groups in total. The quantitative estimate of drug-likeness (QED) is 0.905. The number of hydrogen-bond acceptors (Lipinski definition) is 4. The van der Waals surface area contributed by atoms with E-state index in [-0.39, 0.29) is 15.7 Å². The lowest BCUT2D eigenvalue weighted by Crippen LogP contribution is -2.28. The van der Waals surface area contributed by atoms with Crippen molar-refractivity contribution in [3.8, 4) is 0 Å². The van der Waals surface area contributed by atoms with E-state index in [9.17, 15) is 8.42 Å². The summed E-state index contributed by atoms with van der Waals surface area (Å²) in [4.78, 5) is 0. The van der Waals surface area contributed by atoms with Gasteiger partial charge in [0, 0.05) is 13.1 Å². The first-order chi connectivity index (χ1) is 9.31. The number of benzene rings is 1. The first-order valence-electron chi connectivity index (χ1n) is 5.95. The molecule has 0 aliphatic carbocycles. The summed E-state index contributed by atoms with van der Waals surface area (Å²) in [5.74, 6) is 0. The molecule has 0 aliphatic rings. The van der Waals surface area contributed by atoms with E-state index in [0.717, 1.165) is 11.1 Å². The lowest BCUT2D eigenvalue weighted by molar-refractivity contribution is 0.548. The average molecular weight is 359 g/mol. The van der Waals surface area contributed by atoms with Crippen LogP contribution in [0.3, 0.4) is 0 Å². The molecule has 2 aromatic rings. The zero-order valence-corrected chi connectivity index (χ0v) is 13.7. The Balaban J connectivity index is 2.27. The fraction of sp³-hybridized carbons (Fsp3) is 0.333. The maximum Gasteiger partial charge on any atom is 0.261 e. The highest BCUT2D eigenvalue weighted by Crippen LogP contribution is 2.21. The molecule has 0 aliphatic heterocycles. The lowest BCUT2D eigenvalue weighted by atomic mass is 10.1. The molecule has 0 fully saturated rings. The van der Waals surface area contributed by atoms with Crippen molar-refractivity contribution in [1.82, 2.24) is 19.7 Å². The summed E-state index contributed by atoms with van der Waals surface area (Å²) in [6.07, 6.45) is 0. The van der Waals surface area contributed by atoms with E-state index in [1.165, 1.54) is 11.7 Å². The van der Waals surface area contributed by atoms with Crippen LogP contribution in [-0.4, -0.2) is 23.4 Å². The largest absolute Gasteiger partial charge is 0.261 e. The monoisotopic (exact) mass is 358 g/mol. The van der Waals surface area contributed by atoms with Gasteiger partial charge in [-0.1, -0.05) is 35.0 Å². The van der Waals surface area contributed by atoms with Gasteiger partial charge in [0.05, 0.1) is 0 Å². The number of sulfonamides is 1. The van der Waals surface area contributed by atoms with Gasteiger partial charge in [-0.3, -0.25) is 0 Å². The minimum atomic E-state index is -3.69. The second-order valence-electron chi connectivity index (χ2n) is 4.56. The van der Waals surface area contributed by atoms with Gasteiger partial charge in [-0.05, 0) is 35.3 Å². The van der Waals surface area contributed by atoms with Crippen molar-refractivity contribution in [3.63, 3.8) is 0 Å². The van der Waals surface area contributed by atoms with Crippen LogP contribution in [-0.2, 0) is 17.1 Å². The summed E-state index contributed by atoms with van der Waals surface area (Å²) >= 11 is 3.10. The first-order valence-corrected chi connectivity index (χ1v) is 8.23. The Morgan fingerprint density at radius 3 is 2.40 bits per heavy atom. The predicted molar refractivity (Wildman–Crippen MR) is 78.6 cm³/mol. The molecule has 0 radical (unpaired) electrons. The standard InChI is InChI=1S/C12H15BrN4O2S/c1-8-4-6-10(7-5-8)9(2)15-20(18,19)12-11(13)14-16-17(12)3/h4-7,9,15H,1-3H3. The van der Waals surface area contributed by atoms with Crippen molar-refractivity contribution in [3.05, 3.63) is 40.0 Å². The van der Waals surface area contributed by atoms with E-state index < -0.39 is 10.0 Å². The van der Waals surface area contributed by atoms with Crippen LogP contribution in [0.4, 0.5) is 0 Å². The molecule has 8 heteroatoms. The van der Waals surface area contributed by atoms with E-state index in [1.54, 1.807) is 6.92 Å². The smallest absolute Gasteiger partial charge is 0.235 e. The van der Waals surface area contributed by atoms with Crippen LogP contribution in [0.15, 0.2) is 33.9 Å². The van der Waals surface area contributed by atoms with Crippen LogP contribution in [0.5, 0.6) is 0 Å². The summed E-state index contributed by atoms with van der Waals surface area (Å²) < 4.78 is 28.7. The molecule has 1 unspecified atom stereocenters. The maximum absolute atomic E-state index is 12.3. The van der Waals surface area contributed by atoms with Gasteiger partial charge in [0.15, 0.2) is 4.60 Å². The second-order valence-corrected chi connectivity index (χ2v) is 6.94. The Morgan fingerprint density at radius 1 is 1.30 bits per heavy atom. The zero-order valence-electron chi connectivity index (χ0n) is 11.3. The minimum Gasteiger partial charge on any atom is -0.235 e. The van der Waals surface area contributed by atoms with Crippen LogP contribution in [0.1, 0.15) is 24.1 Å². The highest BCUT2D eigenvalue weighted by Gasteiger charge is 2.25. The third kappa shape index (κ3) is 3.08. The molecule has 0 amide bonds. The van der Waals surface area contributed by atoms with Gasteiger partial charge in [-0.2, -0.15) is 0 Å². The Bertz CT molecular complexity index is 690. The van der Waals surface area contributed by atoms with Crippen LogP contribution in [0, 0.1) is 6.92 Å². The van der Waals surface area contributed by atoms with Crippen LogP contribution >= 0.6 is 15.9 Å². The Labute approximate surface area is 126 Å². The molecule has 1 aromatic carbocycles. The molecule has 1 atom stereocenters. The number of aromatic nitrogens is 3. The van der Waals surface area contributed by atoms with Gasteiger partial charge in [-0.25, -0.2) is 17.8 Å². The molecule has 20 heavy (non-hydrogen) atoms. The molecular weight excluding hydrogens is 344 g/mol. The van der Waals surface area contributed by atoms with Gasteiger partial charge in [0.1, 0.15) is 0 Å². The zero-order chi connectivity index (χ0) is 14.9. The second kappa shape index (κ2) is 5.63. The topological polar surface area (TPSA) is 76.9 Å². The van der Waals surface area contributed by atoms with E-state index in [4.69, 9.17) is 0 Å². The highest BCUT2D eigenvalue weighted by atomic mass is 79.9. The van der Waals surface area contributed by atoms with Crippen LogP contribution in [0.2, 0.25) is 0 Å². The molecule has 0 saturated heterocycles. The lowest BCUT2D eigenvalue weighted by Gasteiger charge is -2.14. The van der Waals surface area contributed by atoms with Crippen molar-refractivity contribution in [2.75, 3.05) is 0 Å². The van der Waals surface area contributed by atoms with E-state index in [1.807, 2.05) is 31.2 Å². The summed E-state index contributed by atoms with van der Waals surface area (Å²) in [5.41, 5.74) is 2.02. The fourth-order valence-electron chi connectivity index (χ4n) is 1.82. The average Bonchev–Trinajstić information content (AvgIpc) is 2.69. The summed E-state index contributed by atoms with van der Waals surface area (Å²) in [5, 5.41) is 7.37. The number of rotatable bonds is 4. The van der Waals surface area contributed by atoms with Crippen molar-refractivity contribution >= 4 is 26.0 Å². The van der Waals surface area contributed by atoms with Crippen molar-refractivity contribution < 1.29 is 8.42 Å². The number of aryl methyl sites for hydroxylation is 2. The summed E-state index contributed by atoms with van der Waals surface area (Å²) in [6, 6.07) is 7.35. The number of hydrogen-bond donors (Lipinski definition) is 1. The number of nitrogens with zero attached hydrogens (tertiary/aromatic N) is 3. The van der Waals surface area contributed by atoms with Gasteiger partial charge < -0.3 is 0 Å².